The van der Waals surface area contributed by atoms with Gasteiger partial charge >= 0.3 is 18.3 Å². The minimum atomic E-state index is -4.59. The van der Waals surface area contributed by atoms with Crippen LogP contribution in [0.2, 0.25) is 0 Å². The molecule has 3 nitrogen and oxygen atoms in total. The van der Waals surface area contributed by atoms with E-state index in [-0.39, 0.29) is 23.7 Å². The Kier molecular flexibility index (Phi) is 8.25. The van der Waals surface area contributed by atoms with Crippen molar-refractivity contribution in [2.45, 2.75) is 52.1 Å². The summed E-state index contributed by atoms with van der Waals surface area (Å²) in [6.07, 6.45) is -8.84. The van der Waals surface area contributed by atoms with Crippen LogP contribution in [0.15, 0.2) is 60.7 Å². The molecule has 0 saturated heterocycles. The topological polar surface area (TPSA) is 46.5 Å². The van der Waals surface area contributed by atoms with Gasteiger partial charge in [0.05, 0.1) is 17.0 Å². The first-order valence-corrected chi connectivity index (χ1v) is 11.5. The third-order valence-corrected chi connectivity index (χ3v) is 5.85. The van der Waals surface area contributed by atoms with E-state index < -0.39 is 42.0 Å². The van der Waals surface area contributed by atoms with Gasteiger partial charge in [0.15, 0.2) is 0 Å². The number of carboxylic acids is 1. The number of hydrogen-bond donors (Lipinski definition) is 1. The maximum absolute atomic E-state index is 13.5. The molecule has 3 rings (SSSR count). The third kappa shape index (κ3) is 7.27. The monoisotopic (exact) mass is 524 g/mol. The van der Waals surface area contributed by atoms with E-state index in [9.17, 15) is 36.2 Å². The number of carboxylic acid groups (broad SMARTS) is 1. The van der Waals surface area contributed by atoms with Crippen LogP contribution in [0.4, 0.5) is 26.3 Å². The lowest BCUT2D eigenvalue weighted by Crippen LogP contribution is -2.14. The summed E-state index contributed by atoms with van der Waals surface area (Å²) in [5.74, 6) is -1.91. The molecule has 9 heteroatoms. The number of aliphatic carboxylic acids is 1. The molecular weight excluding hydrogens is 498 g/mol. The van der Waals surface area contributed by atoms with Gasteiger partial charge in [0, 0.05) is 5.56 Å². The number of carbonyl (C=O) groups is 1. The molecule has 198 valence electrons. The molecule has 1 N–H and O–H groups in total. The van der Waals surface area contributed by atoms with Crippen LogP contribution in [0, 0.1) is 12.8 Å². The van der Waals surface area contributed by atoms with Crippen molar-refractivity contribution in [1.82, 2.24) is 0 Å². The predicted molar refractivity (Wildman–Crippen MR) is 127 cm³/mol. The Balaban J connectivity index is 2.04. The summed E-state index contributed by atoms with van der Waals surface area (Å²) in [7, 11) is 0. The summed E-state index contributed by atoms with van der Waals surface area (Å²) in [5, 5.41) is 9.82. The van der Waals surface area contributed by atoms with E-state index in [1.807, 2.05) is 13.8 Å². The average molecular weight is 525 g/mol. The fourth-order valence-electron chi connectivity index (χ4n) is 4.02. The Morgan fingerprint density at radius 3 is 2.05 bits per heavy atom. The second-order valence-corrected chi connectivity index (χ2v) is 9.33. The quantitative estimate of drug-likeness (QED) is 0.301. The number of benzene rings is 3. The number of rotatable bonds is 8. The van der Waals surface area contributed by atoms with Gasteiger partial charge in [-0.2, -0.15) is 26.3 Å². The highest BCUT2D eigenvalue weighted by Gasteiger charge is 2.33. The third-order valence-electron chi connectivity index (χ3n) is 5.85. The zero-order valence-corrected chi connectivity index (χ0v) is 20.4. The van der Waals surface area contributed by atoms with Crippen molar-refractivity contribution in [1.29, 1.82) is 0 Å². The van der Waals surface area contributed by atoms with E-state index >= 15 is 0 Å². The Hall–Kier alpha value is -3.49. The molecule has 0 heterocycles. The van der Waals surface area contributed by atoms with E-state index in [0.29, 0.717) is 22.3 Å². The summed E-state index contributed by atoms with van der Waals surface area (Å²) in [6.45, 7) is 4.81. The molecule has 0 radical (unpaired) electrons. The van der Waals surface area contributed by atoms with Crippen LogP contribution in [0.5, 0.6) is 5.75 Å². The average Bonchev–Trinajstić information content (AvgIpc) is 2.80. The van der Waals surface area contributed by atoms with Gasteiger partial charge < -0.3 is 9.84 Å². The molecule has 3 aromatic carbocycles. The van der Waals surface area contributed by atoms with Gasteiger partial charge in [-0.1, -0.05) is 49.7 Å². The van der Waals surface area contributed by atoms with Crippen LogP contribution in [0.3, 0.4) is 0 Å². The van der Waals surface area contributed by atoms with Crippen LogP contribution in [-0.4, -0.2) is 11.1 Å². The molecule has 0 saturated carbocycles. The number of ether oxygens (including phenoxy) is 1. The number of alkyl halides is 6. The molecule has 3 aromatic rings. The summed E-state index contributed by atoms with van der Waals surface area (Å²) in [6, 6.07) is 12.7. The predicted octanol–water partition coefficient (Wildman–Crippen LogP) is 8.49. The summed E-state index contributed by atoms with van der Waals surface area (Å²) in [5.41, 5.74) is -0.248. The Morgan fingerprint density at radius 2 is 1.51 bits per heavy atom. The first-order valence-electron chi connectivity index (χ1n) is 11.5. The molecule has 0 aliphatic carbocycles. The molecule has 0 aliphatic rings. The van der Waals surface area contributed by atoms with Gasteiger partial charge in [-0.05, 0) is 66.3 Å². The molecule has 0 fully saturated rings. The van der Waals surface area contributed by atoms with E-state index in [1.54, 1.807) is 13.0 Å². The van der Waals surface area contributed by atoms with Crippen LogP contribution >= 0.6 is 0 Å². The van der Waals surface area contributed by atoms with Gasteiger partial charge in [0.25, 0.3) is 0 Å². The SMILES string of the molecule is Cc1ccc(COc2cc(-c3ccc(C(F)(F)F)cc3)cc(C(CC(C)C)C(=O)O)c2)c(C(F)(F)F)c1. The highest BCUT2D eigenvalue weighted by Crippen LogP contribution is 2.36. The van der Waals surface area contributed by atoms with E-state index in [4.69, 9.17) is 4.74 Å². The van der Waals surface area contributed by atoms with Gasteiger partial charge in [-0.3, -0.25) is 4.79 Å². The molecule has 0 bridgehead atoms. The van der Waals surface area contributed by atoms with E-state index in [2.05, 4.69) is 0 Å². The van der Waals surface area contributed by atoms with Crippen LogP contribution in [0.25, 0.3) is 11.1 Å². The van der Waals surface area contributed by atoms with Gasteiger partial charge in [-0.15, -0.1) is 0 Å². The molecule has 37 heavy (non-hydrogen) atoms. The minimum Gasteiger partial charge on any atom is -0.489 e. The number of aryl methyl sites for hydroxylation is 1. The fraction of sp³-hybridized carbons (Fsp3) is 0.321. The second kappa shape index (κ2) is 10.9. The molecule has 1 atom stereocenters. The zero-order chi connectivity index (χ0) is 27.5. The first-order chi connectivity index (χ1) is 17.1. The van der Waals surface area contributed by atoms with E-state index in [1.165, 1.54) is 36.4 Å². The van der Waals surface area contributed by atoms with Crippen LogP contribution < -0.4 is 4.74 Å². The van der Waals surface area contributed by atoms with Crippen molar-refractivity contribution >= 4 is 5.97 Å². The van der Waals surface area contributed by atoms with Crippen molar-refractivity contribution in [3.8, 4) is 16.9 Å². The molecule has 0 amide bonds. The molecule has 0 aromatic heterocycles. The Labute approximate surface area is 210 Å². The zero-order valence-electron chi connectivity index (χ0n) is 20.4. The number of halogens is 6. The number of hydrogen-bond acceptors (Lipinski definition) is 2. The summed E-state index contributed by atoms with van der Waals surface area (Å²) < 4.78 is 85.3. The molecular formula is C28H26F6O3. The van der Waals surface area contributed by atoms with Crippen molar-refractivity contribution < 1.29 is 41.0 Å². The highest BCUT2D eigenvalue weighted by molar-refractivity contribution is 5.78. The van der Waals surface area contributed by atoms with Crippen molar-refractivity contribution in [3.05, 3.63) is 88.5 Å². The molecule has 1 unspecified atom stereocenters. The minimum absolute atomic E-state index is 0.0158. The normalized spacial score (nSPS) is 13.0. The lowest BCUT2D eigenvalue weighted by molar-refractivity contribution is -0.139. The standard InChI is InChI=1S/C28H26F6O3/c1-16(2)10-24(26(35)36)21-12-20(18-6-8-22(9-7-18)27(29,30)31)13-23(14-21)37-15-19-5-4-17(3)11-25(19)28(32,33)34/h4-9,11-14,16,24H,10,15H2,1-3H3,(H,35,36). The molecule has 0 spiro atoms. The fourth-order valence-corrected chi connectivity index (χ4v) is 4.02. The summed E-state index contributed by atoms with van der Waals surface area (Å²) >= 11 is 0. The van der Waals surface area contributed by atoms with E-state index in [0.717, 1.165) is 18.2 Å². The Bertz CT molecular complexity index is 1240. The smallest absolute Gasteiger partial charge is 0.416 e. The highest BCUT2D eigenvalue weighted by atomic mass is 19.4. The first kappa shape index (κ1) is 28.1. The van der Waals surface area contributed by atoms with Crippen molar-refractivity contribution in [3.63, 3.8) is 0 Å². The maximum Gasteiger partial charge on any atom is 0.416 e. The van der Waals surface area contributed by atoms with Crippen LogP contribution in [0.1, 0.15) is 54.0 Å². The lowest BCUT2D eigenvalue weighted by Gasteiger charge is -2.19. The van der Waals surface area contributed by atoms with Gasteiger partial charge in [-0.25, -0.2) is 0 Å². The van der Waals surface area contributed by atoms with Crippen molar-refractivity contribution in [2.75, 3.05) is 0 Å². The molecule has 0 aliphatic heterocycles. The van der Waals surface area contributed by atoms with Crippen molar-refractivity contribution in [2.24, 2.45) is 5.92 Å². The second-order valence-electron chi connectivity index (χ2n) is 9.33. The van der Waals surface area contributed by atoms with Gasteiger partial charge in [0.2, 0.25) is 0 Å². The Morgan fingerprint density at radius 1 is 0.865 bits per heavy atom. The van der Waals surface area contributed by atoms with Crippen LogP contribution in [-0.2, 0) is 23.8 Å². The van der Waals surface area contributed by atoms with Gasteiger partial charge in [0.1, 0.15) is 12.4 Å². The maximum atomic E-state index is 13.5. The summed E-state index contributed by atoms with van der Waals surface area (Å²) in [4.78, 5) is 12.0. The largest absolute Gasteiger partial charge is 0.489 e. The lowest BCUT2D eigenvalue weighted by atomic mass is 9.88.